The molecule has 0 aliphatic rings. The Balaban J connectivity index is -0.0000000300. The molecule has 0 atom stereocenters. The minimum absolute atomic E-state index is 0. The fourth-order valence-corrected chi connectivity index (χ4v) is 0. The van der Waals surface area contributed by atoms with Crippen LogP contribution in [-0.4, -0.2) is 56.3 Å². The number of rotatable bonds is 0. The molecule has 0 aromatic heterocycles. The molecule has 0 rings (SSSR count). The third kappa shape index (κ3) is 243. The SMILES string of the molecule is O=[Si]([O-])F.O=[Si]([O-])F.[Ca+2].[Na+]. The first-order valence-electron chi connectivity index (χ1n) is 1.19. The Labute approximate surface area is 111 Å². The summed E-state index contributed by atoms with van der Waals surface area (Å²) < 4.78 is 36.8. The quantitative estimate of drug-likeness (QED) is 0.301. The van der Waals surface area contributed by atoms with E-state index in [2.05, 4.69) is 0 Å². The van der Waals surface area contributed by atoms with Crippen LogP contribution in [0.1, 0.15) is 0 Å². The van der Waals surface area contributed by atoms with Crippen LogP contribution < -0.4 is 39.1 Å². The molecule has 0 heterocycles. The second kappa shape index (κ2) is 17.0. The largest absolute Gasteiger partial charge is 2.00 e. The molecule has 0 saturated carbocycles. The van der Waals surface area contributed by atoms with Crippen molar-refractivity contribution in [2.45, 2.75) is 0 Å². The van der Waals surface area contributed by atoms with Gasteiger partial charge in [0, 0.05) is 0 Å². The topological polar surface area (TPSA) is 80.3 Å². The Hall–Kier alpha value is 1.75. The van der Waals surface area contributed by atoms with Gasteiger partial charge in [0.05, 0.1) is 0 Å². The van der Waals surface area contributed by atoms with Crippen LogP contribution in [0.15, 0.2) is 0 Å². The summed E-state index contributed by atoms with van der Waals surface area (Å²) in [5, 5.41) is 0. The van der Waals surface area contributed by atoms with Crippen LogP contribution in [0.25, 0.3) is 0 Å². The Morgan fingerprint density at radius 2 is 1.00 bits per heavy atom. The summed E-state index contributed by atoms with van der Waals surface area (Å²) in [6.45, 7) is 0. The summed E-state index contributed by atoms with van der Waals surface area (Å²) in [5.41, 5.74) is 0. The number of hydrogen-bond donors (Lipinski definition) is 0. The van der Waals surface area contributed by atoms with Gasteiger partial charge < -0.3 is 18.5 Å². The molecule has 0 amide bonds. The molecule has 0 spiro atoms. The van der Waals surface area contributed by atoms with Gasteiger partial charge in [0.1, 0.15) is 0 Å². The van der Waals surface area contributed by atoms with Crippen molar-refractivity contribution in [2.75, 3.05) is 0 Å². The van der Waals surface area contributed by atoms with Gasteiger partial charge in [-0.15, -0.1) is 0 Å². The van der Waals surface area contributed by atoms with Gasteiger partial charge in [-0.05, 0) is 0 Å². The molecule has 4 nitrogen and oxygen atoms in total. The molecular formula is CaF2NaO4Si2+. The summed E-state index contributed by atoms with van der Waals surface area (Å²) in [6.07, 6.45) is 0. The summed E-state index contributed by atoms with van der Waals surface area (Å²) in [6, 6.07) is 0. The van der Waals surface area contributed by atoms with Gasteiger partial charge in [-0.2, -0.15) is 0 Å². The fourth-order valence-electron chi connectivity index (χ4n) is 0. The van der Waals surface area contributed by atoms with Gasteiger partial charge in [0.2, 0.25) is 0 Å². The van der Waals surface area contributed by atoms with Gasteiger partial charge in [-0.25, -0.2) is 0 Å². The van der Waals surface area contributed by atoms with E-state index < -0.39 is 18.5 Å². The third-order valence-corrected chi connectivity index (χ3v) is 0. The first kappa shape index (κ1) is 22.6. The molecule has 0 N–H and O–H groups in total. The van der Waals surface area contributed by atoms with E-state index in [1.165, 1.54) is 0 Å². The summed E-state index contributed by atoms with van der Waals surface area (Å²) in [7, 11) is -7.76. The predicted octanol–water partition coefficient (Wildman–Crippen LogP) is -5.91. The summed E-state index contributed by atoms with van der Waals surface area (Å²) in [5.74, 6) is 0. The van der Waals surface area contributed by atoms with E-state index in [0.29, 0.717) is 0 Å². The summed E-state index contributed by atoms with van der Waals surface area (Å²) in [4.78, 5) is 16.8. The van der Waals surface area contributed by atoms with Crippen molar-refractivity contribution < 1.29 is 56.3 Å². The normalized spacial score (nSPS) is 5.00. The molecule has 10 heavy (non-hydrogen) atoms. The van der Waals surface area contributed by atoms with Crippen LogP contribution in [-0.2, 0) is 8.92 Å². The molecule has 0 saturated heterocycles. The molecule has 10 heteroatoms. The Morgan fingerprint density at radius 3 is 1.00 bits per heavy atom. The maximum Gasteiger partial charge on any atom is 2.00 e. The Bertz CT molecular complexity index is 79.3. The average Bonchev–Trinajstić information content (AvgIpc) is 1.25. The van der Waals surface area contributed by atoms with Gasteiger partial charge >= 0.3 is 85.8 Å². The molecule has 0 radical (unpaired) electrons. The van der Waals surface area contributed by atoms with E-state index in [9.17, 15) is 8.22 Å². The molecule has 48 valence electrons. The maximum absolute atomic E-state index is 9.99. The molecule has 0 aromatic carbocycles. The average molecular weight is 221 g/mol. The molecular weight excluding hydrogens is 221 g/mol. The molecule has 0 bridgehead atoms. The third-order valence-electron chi connectivity index (χ3n) is 0. The maximum atomic E-state index is 9.99. The van der Waals surface area contributed by atoms with Crippen molar-refractivity contribution >= 4 is 56.3 Å². The van der Waals surface area contributed by atoms with Gasteiger partial charge in [0.15, 0.2) is 0 Å². The Morgan fingerprint density at radius 1 is 1.00 bits per heavy atom. The van der Waals surface area contributed by atoms with Crippen molar-refractivity contribution in [1.82, 2.24) is 0 Å². The number of hydrogen-bond acceptors (Lipinski definition) is 4. The zero-order valence-corrected chi connectivity index (χ0v) is 11.3. The fraction of sp³-hybridized carbons (Fsp3) is 0. The van der Waals surface area contributed by atoms with Gasteiger partial charge in [-0.3, -0.25) is 8.22 Å². The standard InChI is InChI=1S/Ca.2FO2Si.Na/c;2*1-4(2)3;/q+2;2*-1;+1. The zero-order valence-electron chi connectivity index (χ0n) is 5.10. The molecule has 0 aromatic rings. The smallest absolute Gasteiger partial charge is 0.560 e. The first-order valence-corrected chi connectivity index (χ1v) is 3.58. The van der Waals surface area contributed by atoms with E-state index >= 15 is 0 Å². The second-order valence-corrected chi connectivity index (χ2v) is 1.43. The van der Waals surface area contributed by atoms with Crippen LogP contribution >= 0.6 is 0 Å². The van der Waals surface area contributed by atoms with Crippen molar-refractivity contribution in [1.29, 1.82) is 0 Å². The number of halogens is 2. The van der Waals surface area contributed by atoms with E-state index in [1.807, 2.05) is 0 Å². The monoisotopic (exact) mass is 221 g/mol. The molecule has 0 unspecified atom stereocenters. The molecule has 0 aliphatic carbocycles. The minimum Gasteiger partial charge on any atom is -0.560 e. The van der Waals surface area contributed by atoms with Crippen LogP contribution in [0.4, 0.5) is 8.22 Å². The van der Waals surface area contributed by atoms with Crippen LogP contribution in [0.5, 0.6) is 0 Å². The minimum atomic E-state index is -3.88. The van der Waals surface area contributed by atoms with Crippen LogP contribution in [0.3, 0.4) is 0 Å². The van der Waals surface area contributed by atoms with Crippen molar-refractivity contribution in [3.8, 4) is 0 Å². The van der Waals surface area contributed by atoms with Gasteiger partial charge in [0.25, 0.3) is 0 Å². The zero-order chi connectivity index (χ0) is 7.15. The Kier molecular flexibility index (Phi) is 38.5. The molecule has 0 aliphatic heterocycles. The van der Waals surface area contributed by atoms with E-state index in [-0.39, 0.29) is 67.3 Å². The predicted molar refractivity (Wildman–Crippen MR) is 20.9 cm³/mol. The van der Waals surface area contributed by atoms with Crippen LogP contribution in [0.2, 0.25) is 0 Å². The first-order chi connectivity index (χ1) is 3.46. The van der Waals surface area contributed by atoms with E-state index in [0.717, 1.165) is 0 Å². The summed E-state index contributed by atoms with van der Waals surface area (Å²) >= 11 is 0. The molecule has 0 fully saturated rings. The second-order valence-electron chi connectivity index (χ2n) is 0.475. The van der Waals surface area contributed by atoms with Crippen molar-refractivity contribution in [3.05, 3.63) is 0 Å². The van der Waals surface area contributed by atoms with E-state index in [4.69, 9.17) is 18.5 Å². The van der Waals surface area contributed by atoms with Gasteiger partial charge in [-0.1, -0.05) is 0 Å². The van der Waals surface area contributed by atoms with Crippen LogP contribution in [0, 0.1) is 0 Å². The van der Waals surface area contributed by atoms with E-state index in [1.54, 1.807) is 0 Å². The van der Waals surface area contributed by atoms with Crippen molar-refractivity contribution in [3.63, 3.8) is 0 Å². The van der Waals surface area contributed by atoms with Crippen molar-refractivity contribution in [2.24, 2.45) is 0 Å².